The number of rotatable bonds is 7. The molecule has 4 aromatic carbocycles. The number of hydrogen-bond acceptors (Lipinski definition) is 5. The summed E-state index contributed by atoms with van der Waals surface area (Å²) in [7, 11) is -3.32. The van der Waals surface area contributed by atoms with Gasteiger partial charge >= 0.3 is 0 Å². The normalized spacial score (nSPS) is 13.5. The molecule has 248 valence electrons. The molecule has 0 bridgehead atoms. The third-order valence-corrected chi connectivity index (χ3v) is 9.56. The zero-order valence-corrected chi connectivity index (χ0v) is 28.9. The monoisotopic (exact) mass is 662 g/mol. The largest absolute Gasteiger partial charge is 0.384 e. The maximum absolute atomic E-state index is 12.6. The fraction of sp³-hybridized carbons (Fsp3) is 0.231. The standard InChI is InChI=1S/C20H22N2O3S.C19H20N2O/c1-4-5-15-6-9-18(14(2)12-15)20(23)21-17-8-7-16-10-11-22(19(16)13-17)26(3,24)25;1-3-4-14-5-8-17(13(2)11-14)19(22)21-16-7-6-15-9-10-20-18(15)12-16/h4-9,12-13H,10-11H2,1-3H3,(H,21,23);3-8,11-12,20H,9-10H2,1-2H3,(H,21,22)/b5-4+;4-3+. The lowest BCUT2D eigenvalue weighted by atomic mass is 10.0. The van der Waals surface area contributed by atoms with E-state index in [0.29, 0.717) is 35.5 Å². The van der Waals surface area contributed by atoms with Gasteiger partial charge < -0.3 is 16.0 Å². The molecule has 8 nitrogen and oxygen atoms in total. The Kier molecular flexibility index (Phi) is 10.5. The van der Waals surface area contributed by atoms with Crippen LogP contribution in [0, 0.1) is 13.8 Å². The van der Waals surface area contributed by atoms with Crippen LogP contribution in [0.25, 0.3) is 12.2 Å². The summed E-state index contributed by atoms with van der Waals surface area (Å²) >= 11 is 0. The molecule has 9 heteroatoms. The number of allylic oxidation sites excluding steroid dienone is 2. The number of fused-ring (bicyclic) bond motifs is 2. The maximum atomic E-state index is 12.6. The number of nitrogens with zero attached hydrogens (tertiary/aromatic N) is 1. The minimum absolute atomic E-state index is 0.0672. The Morgan fingerprint density at radius 2 is 1.27 bits per heavy atom. The van der Waals surface area contributed by atoms with E-state index in [1.807, 2.05) is 107 Å². The molecule has 48 heavy (non-hydrogen) atoms. The minimum atomic E-state index is -3.32. The molecule has 2 aliphatic rings. The summed E-state index contributed by atoms with van der Waals surface area (Å²) in [5, 5.41) is 9.18. The molecular weight excluding hydrogens is 621 g/mol. The van der Waals surface area contributed by atoms with E-state index in [9.17, 15) is 18.0 Å². The molecule has 0 fully saturated rings. The molecule has 0 radical (unpaired) electrons. The lowest BCUT2D eigenvalue weighted by molar-refractivity contribution is 0.101. The Bertz CT molecular complexity index is 2030. The predicted molar refractivity (Wildman–Crippen MR) is 199 cm³/mol. The summed E-state index contributed by atoms with van der Waals surface area (Å²) in [6.45, 7) is 9.21. The molecule has 2 heterocycles. The van der Waals surface area contributed by atoms with Crippen LogP contribution in [0.4, 0.5) is 22.7 Å². The van der Waals surface area contributed by atoms with Crippen molar-refractivity contribution >= 4 is 56.7 Å². The average molecular weight is 663 g/mol. The van der Waals surface area contributed by atoms with Crippen molar-refractivity contribution in [3.63, 3.8) is 0 Å². The number of benzene rings is 4. The van der Waals surface area contributed by atoms with Crippen LogP contribution < -0.4 is 20.3 Å². The Hall–Kier alpha value is -5.15. The Morgan fingerprint density at radius 1 is 0.729 bits per heavy atom. The summed E-state index contributed by atoms with van der Waals surface area (Å²) in [6, 6.07) is 23.0. The molecule has 0 aliphatic carbocycles. The quantitative estimate of drug-likeness (QED) is 0.187. The fourth-order valence-corrected chi connectivity index (χ4v) is 6.96. The number of amides is 2. The zero-order valence-electron chi connectivity index (χ0n) is 28.1. The van der Waals surface area contributed by atoms with Crippen molar-refractivity contribution in [2.45, 2.75) is 40.5 Å². The molecule has 2 amide bonds. The van der Waals surface area contributed by atoms with Gasteiger partial charge in [0.25, 0.3) is 11.8 Å². The number of nitrogens with one attached hydrogen (secondary N) is 3. The van der Waals surface area contributed by atoms with Gasteiger partial charge in [0.2, 0.25) is 10.0 Å². The molecular formula is C39H42N4O4S. The highest BCUT2D eigenvalue weighted by Crippen LogP contribution is 2.33. The van der Waals surface area contributed by atoms with Crippen molar-refractivity contribution < 1.29 is 18.0 Å². The summed E-state index contributed by atoms with van der Waals surface area (Å²) in [5.41, 5.74) is 10.8. The third kappa shape index (κ3) is 8.04. The number of aryl methyl sites for hydroxylation is 2. The van der Waals surface area contributed by atoms with Gasteiger partial charge in [-0.05, 0) is 110 Å². The maximum Gasteiger partial charge on any atom is 0.255 e. The first kappa shape index (κ1) is 34.2. The molecule has 0 atom stereocenters. The first-order valence-corrected chi connectivity index (χ1v) is 17.9. The van der Waals surface area contributed by atoms with Gasteiger partial charge in [0.05, 0.1) is 11.9 Å². The number of carbonyl (C=O) groups is 2. The van der Waals surface area contributed by atoms with Crippen LogP contribution in [0.15, 0.2) is 84.9 Å². The topological polar surface area (TPSA) is 108 Å². The minimum Gasteiger partial charge on any atom is -0.384 e. The molecule has 0 saturated heterocycles. The average Bonchev–Trinajstić information content (AvgIpc) is 3.68. The highest BCUT2D eigenvalue weighted by Gasteiger charge is 2.26. The number of hydrogen-bond donors (Lipinski definition) is 3. The van der Waals surface area contributed by atoms with Crippen LogP contribution in [0.3, 0.4) is 0 Å². The first-order chi connectivity index (χ1) is 23.0. The van der Waals surface area contributed by atoms with E-state index in [1.54, 1.807) is 12.1 Å². The molecule has 0 saturated carbocycles. The van der Waals surface area contributed by atoms with Crippen molar-refractivity contribution in [2.24, 2.45) is 0 Å². The molecule has 4 aromatic rings. The van der Waals surface area contributed by atoms with Crippen LogP contribution in [-0.2, 0) is 22.9 Å². The Labute approximate surface area is 283 Å². The second kappa shape index (κ2) is 14.7. The molecule has 0 aromatic heterocycles. The van der Waals surface area contributed by atoms with E-state index >= 15 is 0 Å². The highest BCUT2D eigenvalue weighted by molar-refractivity contribution is 7.92. The van der Waals surface area contributed by atoms with Crippen LogP contribution in [0.5, 0.6) is 0 Å². The number of carbonyl (C=O) groups excluding carboxylic acids is 2. The van der Waals surface area contributed by atoms with Crippen LogP contribution in [0.1, 0.15) is 67.9 Å². The Morgan fingerprint density at radius 3 is 1.79 bits per heavy atom. The van der Waals surface area contributed by atoms with E-state index in [4.69, 9.17) is 0 Å². The van der Waals surface area contributed by atoms with E-state index in [1.165, 1.54) is 16.1 Å². The third-order valence-electron chi connectivity index (χ3n) is 8.38. The summed E-state index contributed by atoms with van der Waals surface area (Å²) in [4.78, 5) is 25.1. The smallest absolute Gasteiger partial charge is 0.255 e. The SMILES string of the molecule is C/C=C/c1ccc(C(=O)Nc2ccc3c(c2)N(S(C)(=O)=O)CC3)c(C)c1.C/C=C/c1ccc(C(=O)Nc2ccc3c(c2)NCC3)c(C)c1. The van der Waals surface area contributed by atoms with Crippen molar-refractivity contribution in [3.05, 3.63) is 129 Å². The van der Waals surface area contributed by atoms with Gasteiger partial charge in [0.1, 0.15) is 0 Å². The van der Waals surface area contributed by atoms with Gasteiger partial charge in [-0.15, -0.1) is 0 Å². The van der Waals surface area contributed by atoms with Crippen molar-refractivity contribution in [2.75, 3.05) is 39.6 Å². The second-order valence-electron chi connectivity index (χ2n) is 12.0. The zero-order chi connectivity index (χ0) is 34.4. The molecule has 6 rings (SSSR count). The van der Waals surface area contributed by atoms with Gasteiger partial charge in [-0.3, -0.25) is 13.9 Å². The summed E-state index contributed by atoms with van der Waals surface area (Å²) in [5.74, 6) is -0.277. The lowest BCUT2D eigenvalue weighted by Gasteiger charge is -2.17. The molecule has 2 aliphatic heterocycles. The lowest BCUT2D eigenvalue weighted by Crippen LogP contribution is -2.27. The number of sulfonamides is 1. The second-order valence-corrected chi connectivity index (χ2v) is 13.9. The predicted octanol–water partition coefficient (Wildman–Crippen LogP) is 7.85. The van der Waals surface area contributed by atoms with Crippen LogP contribution in [0.2, 0.25) is 0 Å². The van der Waals surface area contributed by atoms with Crippen LogP contribution in [-0.4, -0.2) is 39.6 Å². The first-order valence-electron chi connectivity index (χ1n) is 16.0. The van der Waals surface area contributed by atoms with Crippen LogP contribution >= 0.6 is 0 Å². The van der Waals surface area contributed by atoms with Crippen molar-refractivity contribution in [3.8, 4) is 0 Å². The van der Waals surface area contributed by atoms with Gasteiger partial charge in [0, 0.05) is 41.3 Å². The van der Waals surface area contributed by atoms with E-state index < -0.39 is 10.0 Å². The Balaban J connectivity index is 0.000000190. The van der Waals surface area contributed by atoms with Crippen molar-refractivity contribution in [1.29, 1.82) is 0 Å². The van der Waals surface area contributed by atoms with E-state index in [0.717, 1.165) is 52.2 Å². The number of anilines is 4. The van der Waals surface area contributed by atoms with Gasteiger partial charge in [-0.2, -0.15) is 0 Å². The molecule has 0 spiro atoms. The van der Waals surface area contributed by atoms with E-state index in [-0.39, 0.29) is 11.8 Å². The fourth-order valence-electron chi connectivity index (χ4n) is 6.01. The van der Waals surface area contributed by atoms with Gasteiger partial charge in [0.15, 0.2) is 0 Å². The van der Waals surface area contributed by atoms with Crippen molar-refractivity contribution in [1.82, 2.24) is 0 Å². The summed E-state index contributed by atoms with van der Waals surface area (Å²) < 4.78 is 25.2. The van der Waals surface area contributed by atoms with Gasteiger partial charge in [-0.25, -0.2) is 8.42 Å². The van der Waals surface area contributed by atoms with E-state index in [2.05, 4.69) is 22.0 Å². The molecule has 0 unspecified atom stereocenters. The van der Waals surface area contributed by atoms with Gasteiger partial charge in [-0.1, -0.05) is 60.7 Å². The molecule has 3 N–H and O–H groups in total. The summed E-state index contributed by atoms with van der Waals surface area (Å²) in [6.07, 6.45) is 10.9. The highest BCUT2D eigenvalue weighted by atomic mass is 32.2.